The van der Waals surface area contributed by atoms with Gasteiger partial charge in [-0.3, -0.25) is 23.0 Å². The lowest BCUT2D eigenvalue weighted by molar-refractivity contribution is -0.288. The topological polar surface area (TPSA) is 322 Å². The predicted molar refractivity (Wildman–Crippen MR) is 240 cm³/mol. The van der Waals surface area contributed by atoms with Crippen molar-refractivity contribution in [2.75, 3.05) is 13.2 Å². The molecule has 0 radical (unpaired) electrons. The van der Waals surface area contributed by atoms with Crippen LogP contribution in [0.3, 0.4) is 0 Å². The maximum absolute atomic E-state index is 13.2. The summed E-state index contributed by atoms with van der Waals surface area (Å²) in [6, 6.07) is -1.34. The van der Waals surface area contributed by atoms with Crippen LogP contribution in [0.5, 0.6) is 0 Å². The lowest BCUT2D eigenvalue weighted by Gasteiger charge is -2.43. The van der Waals surface area contributed by atoms with E-state index in [2.05, 4.69) is 35.9 Å². The number of hydrogen-bond acceptors (Lipinski definition) is 16. The number of ether oxygens (including phenoxy) is 2. The molecule has 0 aromatic carbocycles. The molecule has 0 spiro atoms. The summed E-state index contributed by atoms with van der Waals surface area (Å²) >= 11 is 0. The van der Waals surface area contributed by atoms with Gasteiger partial charge in [0.1, 0.15) is 18.3 Å². The van der Waals surface area contributed by atoms with Crippen molar-refractivity contribution in [1.29, 1.82) is 0 Å². The van der Waals surface area contributed by atoms with Crippen molar-refractivity contribution in [3.63, 3.8) is 0 Å². The number of aliphatic hydroxyl groups excluding tert-OH is 1. The third-order valence-electron chi connectivity index (χ3n) is 10.7. The van der Waals surface area contributed by atoms with E-state index in [1.807, 2.05) is 0 Å². The number of allylic oxidation sites excluding steroid dienone is 1. The largest absolute Gasteiger partial charge is 0.397 e. The van der Waals surface area contributed by atoms with E-state index in [1.165, 1.54) is 89.5 Å². The van der Waals surface area contributed by atoms with E-state index in [0.717, 1.165) is 64.2 Å². The van der Waals surface area contributed by atoms with Gasteiger partial charge in [-0.05, 0) is 19.3 Å². The Bertz CT molecular complexity index is 1750. The van der Waals surface area contributed by atoms with Crippen molar-refractivity contribution in [3.05, 3.63) is 12.2 Å². The number of nitrogens with one attached hydrogen (secondary N) is 1. The molecule has 386 valence electrons. The quantitative estimate of drug-likeness (QED) is 0.0211. The Labute approximate surface area is 388 Å². The third kappa shape index (κ3) is 33.7. The van der Waals surface area contributed by atoms with Crippen molar-refractivity contribution < 1.29 is 88.0 Å². The fourth-order valence-corrected chi connectivity index (χ4v) is 9.15. The van der Waals surface area contributed by atoms with Gasteiger partial charge in [0.15, 0.2) is 12.4 Å². The van der Waals surface area contributed by atoms with Crippen LogP contribution in [0, 0.1) is 0 Å². The molecule has 0 aromatic heterocycles. The molecule has 1 aliphatic rings. The smallest absolute Gasteiger partial charge is 0.387 e. The minimum Gasteiger partial charge on any atom is -0.387 e. The number of amides is 1. The summed E-state index contributed by atoms with van der Waals surface area (Å²) in [6.07, 6.45) is 16.1. The number of rotatable bonds is 41. The maximum Gasteiger partial charge on any atom is 0.397 e. The summed E-state index contributed by atoms with van der Waals surface area (Å²) in [5.74, 6) is -0.511. The molecule has 1 saturated heterocycles. The van der Waals surface area contributed by atoms with Crippen molar-refractivity contribution in [2.45, 2.75) is 224 Å². The van der Waals surface area contributed by atoms with Crippen LogP contribution in [0.15, 0.2) is 12.2 Å². The molecule has 1 heterocycles. The highest BCUT2D eigenvalue weighted by atomic mass is 32.3. The average Bonchev–Trinajstić information content (AvgIpc) is 3.19. The van der Waals surface area contributed by atoms with Crippen LogP contribution in [0.25, 0.3) is 0 Å². The first kappa shape index (κ1) is 61.6. The zero-order valence-corrected chi connectivity index (χ0v) is 41.3. The molecule has 1 fully saturated rings. The van der Waals surface area contributed by atoms with Crippen LogP contribution in [-0.4, -0.2) is 119 Å². The fraction of sp³-hybridized carbons (Fsp3) is 0.925. The molecule has 0 unspecified atom stereocenters. The molecule has 0 aromatic rings. The summed E-state index contributed by atoms with van der Waals surface area (Å²) in [5.41, 5.74) is 0. The van der Waals surface area contributed by atoms with Crippen LogP contribution >= 0.6 is 0 Å². The Morgan fingerprint density at radius 1 is 0.569 bits per heavy atom. The van der Waals surface area contributed by atoms with Crippen LogP contribution < -0.4 is 5.32 Å². The van der Waals surface area contributed by atoms with Crippen LogP contribution in [0.4, 0.5) is 0 Å². The second kappa shape index (κ2) is 34.0. The van der Waals surface area contributed by atoms with E-state index < -0.39 is 104 Å². The molecular formula is C40H77NO20S4. The lowest BCUT2D eigenvalue weighted by Crippen LogP contribution is -2.63. The first-order chi connectivity index (χ1) is 30.5. The Hall–Kier alpha value is -1.43. The molecule has 0 bridgehead atoms. The van der Waals surface area contributed by atoms with Gasteiger partial charge in [-0.2, -0.15) is 33.7 Å². The second-order valence-corrected chi connectivity index (χ2v) is 20.7. The molecule has 21 nitrogen and oxygen atoms in total. The van der Waals surface area contributed by atoms with Gasteiger partial charge in [0.25, 0.3) is 0 Å². The maximum atomic E-state index is 13.2. The van der Waals surface area contributed by atoms with Gasteiger partial charge >= 0.3 is 41.6 Å². The summed E-state index contributed by atoms with van der Waals surface area (Å²) < 4.78 is 160. The molecule has 1 aliphatic heterocycles. The number of carbonyl (C=O) groups is 1. The van der Waals surface area contributed by atoms with Crippen LogP contribution in [-0.2, 0) is 72.6 Å². The molecule has 25 heteroatoms. The summed E-state index contributed by atoms with van der Waals surface area (Å²) in [7, 11) is -22.5. The molecule has 1 rings (SSSR count). The number of aliphatic hydroxyl groups is 1. The summed E-state index contributed by atoms with van der Waals surface area (Å²) in [6.45, 7) is 2.12. The molecular weight excluding hydrogens is 943 g/mol. The van der Waals surface area contributed by atoms with Gasteiger partial charge in [0.2, 0.25) is 5.91 Å². The van der Waals surface area contributed by atoms with E-state index in [4.69, 9.17) is 14.0 Å². The van der Waals surface area contributed by atoms with Gasteiger partial charge in [-0.15, -0.1) is 0 Å². The number of unbranched alkanes of at least 4 members (excludes halogenated alkanes) is 23. The standard InChI is InChI=1S/C40H77NO20S4/c1-3-5-7-9-11-13-15-17-19-21-23-25-27-29-34(42)33(41-36(43)30-28-26-24-22-20-18-16-14-12-10-8-6-4-2)31-56-40-39(61-65(53,54)55)38(60-64(50,51)52)37(59-63(47,48)49)35(58-40)32-57-62(44,45)46/h27,29,33-35,37-40,42H,3-26,28,30-32H2,1-2H3,(H,41,43)(H,44,45,46)(H,47,48,49)(H,50,51,52)(H,53,54,55)/b29-27+/t33-,34+,35+,37-,38-,39+,40-/m0/s1. The molecule has 7 atom stereocenters. The van der Waals surface area contributed by atoms with Gasteiger partial charge in [-0.25, -0.2) is 16.7 Å². The monoisotopic (exact) mass is 1020 g/mol. The molecule has 65 heavy (non-hydrogen) atoms. The predicted octanol–water partition coefficient (Wildman–Crippen LogP) is 6.70. The normalized spacial score (nSPS) is 20.9. The van der Waals surface area contributed by atoms with Gasteiger partial charge < -0.3 is 19.9 Å². The van der Waals surface area contributed by atoms with Crippen molar-refractivity contribution >= 4 is 47.5 Å². The highest BCUT2D eigenvalue weighted by Gasteiger charge is 2.54. The molecule has 6 N–H and O–H groups in total. The minimum atomic E-state index is -5.74. The zero-order valence-electron chi connectivity index (χ0n) is 38.0. The first-order valence-corrected chi connectivity index (χ1v) is 28.5. The second-order valence-electron chi connectivity index (χ2n) is 16.5. The van der Waals surface area contributed by atoms with Crippen molar-refractivity contribution in [3.8, 4) is 0 Å². The summed E-state index contributed by atoms with van der Waals surface area (Å²) in [4.78, 5) is 13.2. The van der Waals surface area contributed by atoms with Crippen molar-refractivity contribution in [1.82, 2.24) is 5.32 Å². The molecule has 1 amide bonds. The lowest BCUT2D eigenvalue weighted by atomic mass is 9.99. The SMILES string of the molecule is CCCCCCCCCCCCC/C=C/[C@@H](O)[C@H](CO[C@H]1O[C@H](COS(=O)(=O)O)[C@H](OS(=O)(=O)O)[C@H](OS(=O)(=O)O)[C@H]1OS(=O)(=O)O)NC(=O)CCCCCCCCCCCCCCC. The van der Waals surface area contributed by atoms with E-state index in [1.54, 1.807) is 6.08 Å². The van der Waals surface area contributed by atoms with E-state index >= 15 is 0 Å². The Morgan fingerprint density at radius 2 is 0.969 bits per heavy atom. The summed E-state index contributed by atoms with van der Waals surface area (Å²) in [5, 5.41) is 13.9. The Balaban J connectivity index is 3.15. The highest BCUT2D eigenvalue weighted by molar-refractivity contribution is 7.81. The minimum absolute atomic E-state index is 0.0474. The number of carbonyl (C=O) groups excluding carboxylic acids is 1. The number of hydrogen-bond donors (Lipinski definition) is 6. The van der Waals surface area contributed by atoms with Gasteiger partial charge in [-0.1, -0.05) is 167 Å². The van der Waals surface area contributed by atoms with Gasteiger partial charge in [0.05, 0.1) is 25.4 Å². The van der Waals surface area contributed by atoms with Crippen molar-refractivity contribution in [2.24, 2.45) is 0 Å². The average molecular weight is 1020 g/mol. The van der Waals surface area contributed by atoms with E-state index in [0.29, 0.717) is 12.8 Å². The highest BCUT2D eigenvalue weighted by Crippen LogP contribution is 2.32. The van der Waals surface area contributed by atoms with E-state index in [-0.39, 0.29) is 6.42 Å². The fourth-order valence-electron chi connectivity index (χ4n) is 7.35. The molecule has 0 aliphatic carbocycles. The zero-order chi connectivity index (χ0) is 48.8. The Morgan fingerprint density at radius 3 is 1.40 bits per heavy atom. The molecule has 0 saturated carbocycles. The van der Waals surface area contributed by atoms with Crippen LogP contribution in [0.2, 0.25) is 0 Å². The van der Waals surface area contributed by atoms with Crippen LogP contribution in [0.1, 0.15) is 181 Å². The first-order valence-electron chi connectivity index (χ1n) is 23.0. The Kier molecular flexibility index (Phi) is 32.2. The van der Waals surface area contributed by atoms with Gasteiger partial charge in [0, 0.05) is 6.42 Å². The third-order valence-corrected chi connectivity index (χ3v) is 12.5. The van der Waals surface area contributed by atoms with E-state index in [9.17, 15) is 57.2 Å².